The van der Waals surface area contributed by atoms with Crippen molar-refractivity contribution in [1.29, 1.82) is 0 Å². The van der Waals surface area contributed by atoms with Crippen LogP contribution in [0.15, 0.2) is 54.6 Å². The molecular weight excluding hydrogens is 390 g/mol. The molecule has 2 aliphatic carbocycles. The van der Waals surface area contributed by atoms with E-state index in [2.05, 4.69) is 0 Å². The van der Waals surface area contributed by atoms with Gasteiger partial charge in [-0.3, -0.25) is 4.79 Å². The molecular formula is C25H27N3O3. The van der Waals surface area contributed by atoms with E-state index in [4.69, 9.17) is 14.6 Å². The first-order valence-corrected chi connectivity index (χ1v) is 10.9. The lowest BCUT2D eigenvalue weighted by Gasteiger charge is -2.23. The van der Waals surface area contributed by atoms with Crippen LogP contribution in [-0.2, 0) is 11.3 Å². The van der Waals surface area contributed by atoms with Gasteiger partial charge in [0.1, 0.15) is 0 Å². The number of amides is 1. The van der Waals surface area contributed by atoms with Crippen LogP contribution in [0.1, 0.15) is 36.9 Å². The Morgan fingerprint density at radius 2 is 1.71 bits per heavy atom. The summed E-state index contributed by atoms with van der Waals surface area (Å²) in [4.78, 5) is 15.0. The van der Waals surface area contributed by atoms with Crippen molar-refractivity contribution in [1.82, 2.24) is 14.7 Å². The standard InChI is InChI=1S/C25H27N3O3/c1-17-21(16-27(19-14-15-19)24(29)18-12-13-18)25(28(26-17)20-8-4-3-5-9-20)31-23-11-7-6-10-22(23)30-2/h3-11,18-19H,12-16H2,1-2H3. The fourth-order valence-corrected chi connectivity index (χ4v) is 3.89. The summed E-state index contributed by atoms with van der Waals surface area (Å²) in [6.07, 6.45) is 4.17. The Kier molecular flexibility index (Phi) is 5.14. The molecule has 5 rings (SSSR count). The maximum atomic E-state index is 13.0. The van der Waals surface area contributed by atoms with Crippen LogP contribution in [0.5, 0.6) is 17.4 Å². The van der Waals surface area contributed by atoms with Crippen molar-refractivity contribution in [3.05, 3.63) is 65.9 Å². The number of hydrogen-bond donors (Lipinski definition) is 0. The molecule has 6 nitrogen and oxygen atoms in total. The molecule has 1 amide bonds. The van der Waals surface area contributed by atoms with E-state index in [0.29, 0.717) is 30.0 Å². The Morgan fingerprint density at radius 1 is 1.03 bits per heavy atom. The highest BCUT2D eigenvalue weighted by atomic mass is 16.5. The summed E-state index contributed by atoms with van der Waals surface area (Å²) in [5.74, 6) is 2.37. The summed E-state index contributed by atoms with van der Waals surface area (Å²) in [6, 6.07) is 17.9. The van der Waals surface area contributed by atoms with Crippen LogP contribution in [0.4, 0.5) is 0 Å². The first kappa shape index (κ1) is 19.7. The number of methoxy groups -OCH3 is 1. The van der Waals surface area contributed by atoms with Gasteiger partial charge in [-0.25, -0.2) is 4.68 Å². The van der Waals surface area contributed by atoms with Gasteiger partial charge in [0.2, 0.25) is 11.8 Å². The Hall–Kier alpha value is -3.28. The van der Waals surface area contributed by atoms with Gasteiger partial charge in [-0.1, -0.05) is 30.3 Å². The first-order valence-electron chi connectivity index (χ1n) is 10.9. The summed E-state index contributed by atoms with van der Waals surface area (Å²) in [7, 11) is 1.63. The topological polar surface area (TPSA) is 56.6 Å². The molecule has 2 aromatic carbocycles. The molecule has 0 bridgehead atoms. The zero-order valence-corrected chi connectivity index (χ0v) is 18.0. The molecule has 0 aliphatic heterocycles. The van der Waals surface area contributed by atoms with E-state index >= 15 is 0 Å². The van der Waals surface area contributed by atoms with Gasteiger partial charge >= 0.3 is 0 Å². The Morgan fingerprint density at radius 3 is 2.35 bits per heavy atom. The minimum Gasteiger partial charge on any atom is -0.493 e. The van der Waals surface area contributed by atoms with Crippen molar-refractivity contribution < 1.29 is 14.3 Å². The molecule has 0 saturated heterocycles. The van der Waals surface area contributed by atoms with Gasteiger partial charge in [-0.05, 0) is 56.9 Å². The van der Waals surface area contributed by atoms with Gasteiger partial charge < -0.3 is 14.4 Å². The predicted octanol–water partition coefficient (Wildman–Crippen LogP) is 4.88. The van der Waals surface area contributed by atoms with Gasteiger partial charge in [-0.15, -0.1) is 0 Å². The molecule has 0 spiro atoms. The smallest absolute Gasteiger partial charge is 0.228 e. The van der Waals surface area contributed by atoms with Crippen molar-refractivity contribution >= 4 is 5.91 Å². The van der Waals surface area contributed by atoms with Crippen LogP contribution >= 0.6 is 0 Å². The lowest BCUT2D eigenvalue weighted by atomic mass is 10.2. The second-order valence-electron chi connectivity index (χ2n) is 8.34. The van der Waals surface area contributed by atoms with E-state index in [1.54, 1.807) is 7.11 Å². The fourth-order valence-electron chi connectivity index (χ4n) is 3.89. The maximum absolute atomic E-state index is 13.0. The molecule has 0 atom stereocenters. The number of nitrogens with zero attached hydrogens (tertiary/aromatic N) is 3. The average Bonchev–Trinajstić information content (AvgIpc) is 3.71. The molecule has 6 heteroatoms. The number of carbonyl (C=O) groups is 1. The molecule has 0 N–H and O–H groups in total. The third-order valence-electron chi connectivity index (χ3n) is 5.94. The molecule has 1 heterocycles. The molecule has 0 radical (unpaired) electrons. The van der Waals surface area contributed by atoms with E-state index in [9.17, 15) is 4.79 Å². The Bertz CT molecular complexity index is 1080. The summed E-state index contributed by atoms with van der Waals surface area (Å²) in [6.45, 7) is 2.50. The van der Waals surface area contributed by atoms with Gasteiger partial charge in [-0.2, -0.15) is 5.10 Å². The SMILES string of the molecule is COc1ccccc1Oc1c(CN(C(=O)C2CC2)C2CC2)c(C)nn1-c1ccccc1. The van der Waals surface area contributed by atoms with Crippen molar-refractivity contribution in [3.63, 3.8) is 0 Å². The molecule has 2 aliphatic rings. The van der Waals surface area contributed by atoms with E-state index in [1.165, 1.54) is 0 Å². The average molecular weight is 418 g/mol. The zero-order valence-electron chi connectivity index (χ0n) is 18.0. The predicted molar refractivity (Wildman–Crippen MR) is 118 cm³/mol. The van der Waals surface area contributed by atoms with Crippen molar-refractivity contribution in [2.45, 2.75) is 45.2 Å². The van der Waals surface area contributed by atoms with Crippen LogP contribution in [0.2, 0.25) is 0 Å². The molecule has 2 fully saturated rings. The molecule has 0 unspecified atom stereocenters. The Labute approximate surface area is 182 Å². The monoisotopic (exact) mass is 417 g/mol. The second kappa shape index (κ2) is 8.10. The Balaban J connectivity index is 1.56. The van der Waals surface area contributed by atoms with Gasteiger partial charge in [0.15, 0.2) is 11.5 Å². The van der Waals surface area contributed by atoms with Crippen LogP contribution in [0, 0.1) is 12.8 Å². The summed E-state index contributed by atoms with van der Waals surface area (Å²) < 4.78 is 13.8. The maximum Gasteiger partial charge on any atom is 0.228 e. The quantitative estimate of drug-likeness (QED) is 0.524. The largest absolute Gasteiger partial charge is 0.493 e. The fraction of sp³-hybridized carbons (Fsp3) is 0.360. The number of ether oxygens (including phenoxy) is 2. The summed E-state index contributed by atoms with van der Waals surface area (Å²) in [5.41, 5.74) is 2.71. The van der Waals surface area contributed by atoms with E-state index < -0.39 is 0 Å². The van der Waals surface area contributed by atoms with Crippen molar-refractivity contribution in [2.24, 2.45) is 5.92 Å². The lowest BCUT2D eigenvalue weighted by molar-refractivity contribution is -0.133. The molecule has 160 valence electrons. The molecule has 31 heavy (non-hydrogen) atoms. The van der Waals surface area contributed by atoms with Crippen molar-refractivity contribution in [3.8, 4) is 23.1 Å². The first-order chi connectivity index (χ1) is 15.2. The number of aromatic nitrogens is 2. The van der Waals surface area contributed by atoms with E-state index in [1.807, 2.05) is 71.1 Å². The number of carbonyl (C=O) groups excluding carboxylic acids is 1. The zero-order chi connectivity index (χ0) is 21.4. The second-order valence-corrected chi connectivity index (χ2v) is 8.34. The number of hydrogen-bond acceptors (Lipinski definition) is 4. The molecule has 3 aromatic rings. The van der Waals surface area contributed by atoms with Crippen LogP contribution in [0.25, 0.3) is 5.69 Å². The number of benzene rings is 2. The molecule has 1 aromatic heterocycles. The van der Waals surface area contributed by atoms with Gasteiger partial charge in [0.25, 0.3) is 0 Å². The van der Waals surface area contributed by atoms with Crippen LogP contribution < -0.4 is 9.47 Å². The normalized spacial score (nSPS) is 15.5. The summed E-state index contributed by atoms with van der Waals surface area (Å²) >= 11 is 0. The van der Waals surface area contributed by atoms with Crippen LogP contribution in [-0.4, -0.2) is 33.7 Å². The van der Waals surface area contributed by atoms with Crippen LogP contribution in [0.3, 0.4) is 0 Å². The minimum atomic E-state index is 0.198. The number of para-hydroxylation sites is 3. The van der Waals surface area contributed by atoms with Gasteiger partial charge in [0.05, 0.1) is 30.6 Å². The van der Waals surface area contributed by atoms with Crippen molar-refractivity contribution in [2.75, 3.05) is 7.11 Å². The highest BCUT2D eigenvalue weighted by Crippen LogP contribution is 2.40. The third kappa shape index (κ3) is 4.02. The number of aryl methyl sites for hydroxylation is 1. The minimum absolute atomic E-state index is 0.198. The number of rotatable bonds is 8. The molecule has 2 saturated carbocycles. The highest BCUT2D eigenvalue weighted by molar-refractivity contribution is 5.81. The third-order valence-corrected chi connectivity index (χ3v) is 5.94. The summed E-state index contributed by atoms with van der Waals surface area (Å²) in [5, 5.41) is 4.80. The van der Waals surface area contributed by atoms with Gasteiger partial charge in [0, 0.05) is 12.0 Å². The lowest BCUT2D eigenvalue weighted by Crippen LogP contribution is -2.34. The van der Waals surface area contributed by atoms with E-state index in [-0.39, 0.29) is 11.8 Å². The van der Waals surface area contributed by atoms with E-state index in [0.717, 1.165) is 42.6 Å². The highest BCUT2D eigenvalue weighted by Gasteiger charge is 2.41.